The number of hydrogen-bond donors (Lipinski definition) is 2. The Morgan fingerprint density at radius 2 is 0.812 bits per heavy atom. The molecule has 0 spiro atoms. The van der Waals surface area contributed by atoms with Crippen molar-refractivity contribution in [3.8, 4) is 0 Å². The van der Waals surface area contributed by atoms with Crippen LogP contribution in [0, 0.1) is 0 Å². The summed E-state index contributed by atoms with van der Waals surface area (Å²) in [5.41, 5.74) is -3.16. The summed E-state index contributed by atoms with van der Waals surface area (Å²) in [4.78, 5) is 0. The van der Waals surface area contributed by atoms with E-state index in [9.17, 15) is 10.2 Å². The van der Waals surface area contributed by atoms with E-state index in [0.29, 0.717) is 0 Å². The van der Waals surface area contributed by atoms with Crippen molar-refractivity contribution in [2.24, 2.45) is 0 Å². The fourth-order valence-electron chi connectivity index (χ4n) is 1.58. The van der Waals surface area contributed by atoms with E-state index >= 15 is 0 Å². The Hall–Kier alpha value is -0.240. The van der Waals surface area contributed by atoms with Crippen molar-refractivity contribution in [1.82, 2.24) is 0 Å². The van der Waals surface area contributed by atoms with E-state index in [-0.39, 0.29) is 26.4 Å². The van der Waals surface area contributed by atoms with Crippen molar-refractivity contribution in [2.45, 2.75) is 11.2 Å². The summed E-state index contributed by atoms with van der Waals surface area (Å²) >= 11 is 0. The monoisotopic (exact) mass is 238 g/mol. The molecule has 0 unspecified atom stereocenters. The number of methoxy groups -OCH3 is 4. The van der Waals surface area contributed by atoms with Gasteiger partial charge in [0, 0.05) is 28.4 Å². The van der Waals surface area contributed by atoms with E-state index in [2.05, 4.69) is 0 Å². The molecule has 0 saturated heterocycles. The first kappa shape index (κ1) is 15.8. The molecule has 0 aromatic heterocycles. The summed E-state index contributed by atoms with van der Waals surface area (Å²) in [6.07, 6.45) is 0. The van der Waals surface area contributed by atoms with Gasteiger partial charge in [0.15, 0.2) is 0 Å². The van der Waals surface area contributed by atoms with Gasteiger partial charge in [-0.05, 0) is 0 Å². The van der Waals surface area contributed by atoms with Gasteiger partial charge in [0.2, 0.25) is 0 Å². The van der Waals surface area contributed by atoms with Crippen LogP contribution in [0.2, 0.25) is 0 Å². The van der Waals surface area contributed by atoms with E-state index in [1.165, 1.54) is 28.4 Å². The number of rotatable bonds is 9. The van der Waals surface area contributed by atoms with Crippen molar-refractivity contribution < 1.29 is 29.2 Å². The Bertz CT molecular complexity index is 152. The van der Waals surface area contributed by atoms with Crippen LogP contribution in [0.5, 0.6) is 0 Å². The Labute approximate surface area is 96.1 Å². The molecule has 0 fully saturated rings. The van der Waals surface area contributed by atoms with Crippen molar-refractivity contribution in [3.05, 3.63) is 0 Å². The van der Waals surface area contributed by atoms with E-state index in [1.807, 2.05) is 0 Å². The molecule has 0 rings (SSSR count). The van der Waals surface area contributed by atoms with Crippen molar-refractivity contribution >= 4 is 0 Å². The van der Waals surface area contributed by atoms with Crippen LogP contribution in [0.1, 0.15) is 0 Å². The molecule has 0 aliphatic heterocycles. The van der Waals surface area contributed by atoms with Gasteiger partial charge in [0.25, 0.3) is 0 Å². The van der Waals surface area contributed by atoms with Gasteiger partial charge in [-0.2, -0.15) is 0 Å². The van der Waals surface area contributed by atoms with Crippen molar-refractivity contribution in [2.75, 3.05) is 54.9 Å². The van der Waals surface area contributed by atoms with E-state index in [1.54, 1.807) is 0 Å². The molecule has 0 aromatic carbocycles. The van der Waals surface area contributed by atoms with Crippen LogP contribution in [0.25, 0.3) is 0 Å². The normalized spacial score (nSPS) is 13.1. The molecule has 16 heavy (non-hydrogen) atoms. The molecule has 0 aromatic rings. The first-order valence-electron chi connectivity index (χ1n) is 4.90. The fourth-order valence-corrected chi connectivity index (χ4v) is 1.58. The van der Waals surface area contributed by atoms with Crippen LogP contribution < -0.4 is 0 Å². The van der Waals surface area contributed by atoms with Crippen LogP contribution in [0.3, 0.4) is 0 Å². The van der Waals surface area contributed by atoms with Gasteiger partial charge in [0.1, 0.15) is 11.2 Å². The molecule has 0 saturated carbocycles. The quantitative estimate of drug-likeness (QED) is 0.538. The molecule has 0 radical (unpaired) electrons. The van der Waals surface area contributed by atoms with Crippen LogP contribution >= 0.6 is 0 Å². The van der Waals surface area contributed by atoms with E-state index < -0.39 is 11.2 Å². The average molecular weight is 238 g/mol. The predicted molar refractivity (Wildman–Crippen MR) is 57.4 cm³/mol. The average Bonchev–Trinajstić information content (AvgIpc) is 2.19. The topological polar surface area (TPSA) is 77.4 Å². The minimum atomic E-state index is -1.58. The second-order valence-electron chi connectivity index (χ2n) is 3.80. The Kier molecular flexibility index (Phi) is 7.05. The predicted octanol–water partition coefficient (Wildman–Crippen LogP) is -0.966. The highest BCUT2D eigenvalue weighted by atomic mass is 16.5. The van der Waals surface area contributed by atoms with Crippen molar-refractivity contribution in [3.63, 3.8) is 0 Å². The standard InChI is InChI=1S/C10H22O6/c1-13-5-9(11,6-14-2)10(12,7-15-3)8-16-4/h11-12H,5-8H2,1-4H3. The van der Waals surface area contributed by atoms with Crippen LogP contribution in [0.4, 0.5) is 0 Å². The minimum absolute atomic E-state index is 0.0793. The number of aliphatic hydroxyl groups is 2. The zero-order chi connectivity index (χ0) is 12.7. The molecule has 0 atom stereocenters. The zero-order valence-electron chi connectivity index (χ0n) is 10.4. The highest BCUT2D eigenvalue weighted by molar-refractivity contribution is 5.00. The summed E-state index contributed by atoms with van der Waals surface area (Å²) in [6.45, 7) is -0.317. The first-order valence-corrected chi connectivity index (χ1v) is 4.90. The van der Waals surface area contributed by atoms with Gasteiger partial charge >= 0.3 is 0 Å². The lowest BCUT2D eigenvalue weighted by Crippen LogP contribution is -2.64. The summed E-state index contributed by atoms with van der Waals surface area (Å²) in [7, 11) is 5.72. The summed E-state index contributed by atoms with van der Waals surface area (Å²) in [6, 6.07) is 0. The molecule has 98 valence electrons. The van der Waals surface area contributed by atoms with Crippen LogP contribution in [-0.2, 0) is 18.9 Å². The highest BCUT2D eigenvalue weighted by Gasteiger charge is 2.50. The maximum absolute atomic E-state index is 10.3. The van der Waals surface area contributed by atoms with Gasteiger partial charge in [-0.25, -0.2) is 0 Å². The van der Waals surface area contributed by atoms with Crippen LogP contribution in [0.15, 0.2) is 0 Å². The summed E-state index contributed by atoms with van der Waals surface area (Å²) in [5.74, 6) is 0. The molecular formula is C10H22O6. The fraction of sp³-hybridized carbons (Fsp3) is 1.00. The Morgan fingerprint density at radius 3 is 0.938 bits per heavy atom. The Balaban J connectivity index is 4.90. The van der Waals surface area contributed by atoms with Gasteiger partial charge in [0.05, 0.1) is 26.4 Å². The molecule has 6 nitrogen and oxygen atoms in total. The van der Waals surface area contributed by atoms with Gasteiger partial charge in [-0.15, -0.1) is 0 Å². The number of hydrogen-bond acceptors (Lipinski definition) is 6. The molecule has 0 aliphatic rings. The Morgan fingerprint density at radius 1 is 0.625 bits per heavy atom. The maximum Gasteiger partial charge on any atom is 0.144 e. The maximum atomic E-state index is 10.3. The van der Waals surface area contributed by atoms with Crippen LogP contribution in [-0.4, -0.2) is 76.3 Å². The summed E-state index contributed by atoms with van der Waals surface area (Å²) < 4.78 is 19.6. The highest BCUT2D eigenvalue weighted by Crippen LogP contribution is 2.24. The molecule has 6 heteroatoms. The molecule has 2 N–H and O–H groups in total. The molecule has 0 heterocycles. The van der Waals surface area contributed by atoms with Crippen molar-refractivity contribution in [1.29, 1.82) is 0 Å². The molecule has 0 aliphatic carbocycles. The summed E-state index contributed by atoms with van der Waals surface area (Å²) in [5, 5.41) is 20.7. The minimum Gasteiger partial charge on any atom is -0.382 e. The van der Waals surface area contributed by atoms with E-state index in [4.69, 9.17) is 18.9 Å². The second kappa shape index (κ2) is 7.16. The molecular weight excluding hydrogens is 216 g/mol. The smallest absolute Gasteiger partial charge is 0.144 e. The van der Waals surface area contributed by atoms with Gasteiger partial charge < -0.3 is 29.2 Å². The molecule has 0 amide bonds. The third kappa shape index (κ3) is 3.65. The third-order valence-corrected chi connectivity index (χ3v) is 2.40. The molecule has 0 bridgehead atoms. The lowest BCUT2D eigenvalue weighted by molar-refractivity contribution is -0.231. The zero-order valence-corrected chi connectivity index (χ0v) is 10.4. The first-order chi connectivity index (χ1) is 7.49. The van der Waals surface area contributed by atoms with Gasteiger partial charge in [-0.1, -0.05) is 0 Å². The SMILES string of the molecule is COCC(O)(COC)C(O)(COC)COC. The second-order valence-corrected chi connectivity index (χ2v) is 3.80. The third-order valence-electron chi connectivity index (χ3n) is 2.40. The lowest BCUT2D eigenvalue weighted by atomic mass is 9.85. The largest absolute Gasteiger partial charge is 0.382 e. The lowest BCUT2D eigenvalue weighted by Gasteiger charge is -2.41. The van der Waals surface area contributed by atoms with E-state index in [0.717, 1.165) is 0 Å². The van der Waals surface area contributed by atoms with Gasteiger partial charge in [-0.3, -0.25) is 0 Å². The number of ether oxygens (including phenoxy) is 4.